The van der Waals surface area contributed by atoms with Gasteiger partial charge in [0.1, 0.15) is 18.1 Å². The highest BCUT2D eigenvalue weighted by molar-refractivity contribution is 9.10. The number of imide groups is 1. The predicted octanol–water partition coefficient (Wildman–Crippen LogP) is 4.11. The number of carbonyl (C=O) groups is 2. The number of ether oxygens (including phenoxy) is 1. The Bertz CT molecular complexity index is 878. The molecule has 1 aliphatic heterocycles. The smallest absolute Gasteiger partial charge is 0.329 e. The highest BCUT2D eigenvalue weighted by Crippen LogP contribution is 2.28. The molecule has 0 spiro atoms. The van der Waals surface area contributed by atoms with Gasteiger partial charge < -0.3 is 10.1 Å². The van der Waals surface area contributed by atoms with Crippen molar-refractivity contribution in [1.29, 1.82) is 0 Å². The standard InChI is InChI=1S/C20H17BrN2O3/c1-2-10-23-19(24)17(22-20(23)25)12-15-8-9-18(16(21)11-15)26-13-14-6-4-3-5-7-14/h2-9,11-12H,1,10,13H2,(H,22,25)/b17-12+. The first-order chi connectivity index (χ1) is 12.6. The zero-order chi connectivity index (χ0) is 18.5. The molecule has 0 radical (unpaired) electrons. The van der Waals surface area contributed by atoms with Gasteiger partial charge in [0, 0.05) is 6.54 Å². The molecule has 1 heterocycles. The summed E-state index contributed by atoms with van der Waals surface area (Å²) < 4.78 is 6.58. The van der Waals surface area contributed by atoms with E-state index in [4.69, 9.17) is 4.74 Å². The molecule has 5 nitrogen and oxygen atoms in total. The largest absolute Gasteiger partial charge is 0.488 e. The summed E-state index contributed by atoms with van der Waals surface area (Å²) in [6.07, 6.45) is 3.14. The molecule has 0 atom stereocenters. The molecule has 0 aliphatic carbocycles. The van der Waals surface area contributed by atoms with E-state index in [1.54, 1.807) is 6.08 Å². The minimum absolute atomic E-state index is 0.179. The van der Waals surface area contributed by atoms with Gasteiger partial charge in [0.15, 0.2) is 0 Å². The maximum absolute atomic E-state index is 12.2. The topological polar surface area (TPSA) is 58.6 Å². The molecule has 0 saturated carbocycles. The van der Waals surface area contributed by atoms with Crippen LogP contribution in [0.2, 0.25) is 0 Å². The van der Waals surface area contributed by atoms with E-state index in [1.165, 1.54) is 6.08 Å². The second-order valence-electron chi connectivity index (χ2n) is 5.66. The Morgan fingerprint density at radius 3 is 2.62 bits per heavy atom. The molecule has 3 rings (SSSR count). The SMILES string of the molecule is C=CCN1C(=O)N/C(=C/c2ccc(OCc3ccccc3)c(Br)c2)C1=O. The average Bonchev–Trinajstić information content (AvgIpc) is 2.90. The molecule has 1 N–H and O–H groups in total. The van der Waals surface area contributed by atoms with Crippen molar-refractivity contribution in [2.24, 2.45) is 0 Å². The molecule has 0 aromatic heterocycles. The lowest BCUT2D eigenvalue weighted by Gasteiger charge is -2.09. The number of carbonyl (C=O) groups excluding carboxylic acids is 2. The van der Waals surface area contributed by atoms with Crippen molar-refractivity contribution in [2.75, 3.05) is 6.54 Å². The van der Waals surface area contributed by atoms with Gasteiger partial charge >= 0.3 is 6.03 Å². The first-order valence-electron chi connectivity index (χ1n) is 8.00. The number of urea groups is 1. The number of rotatable bonds is 6. The zero-order valence-corrected chi connectivity index (χ0v) is 15.5. The predicted molar refractivity (Wildman–Crippen MR) is 103 cm³/mol. The highest BCUT2D eigenvalue weighted by Gasteiger charge is 2.32. The van der Waals surface area contributed by atoms with E-state index in [0.29, 0.717) is 12.4 Å². The third-order valence-electron chi connectivity index (χ3n) is 3.78. The van der Waals surface area contributed by atoms with Crippen molar-refractivity contribution in [1.82, 2.24) is 10.2 Å². The lowest BCUT2D eigenvalue weighted by molar-refractivity contribution is -0.122. The van der Waals surface area contributed by atoms with Crippen LogP contribution >= 0.6 is 15.9 Å². The van der Waals surface area contributed by atoms with Crippen molar-refractivity contribution >= 4 is 33.9 Å². The number of nitrogens with one attached hydrogen (secondary N) is 1. The van der Waals surface area contributed by atoms with Crippen LogP contribution < -0.4 is 10.1 Å². The van der Waals surface area contributed by atoms with Crippen molar-refractivity contribution in [3.8, 4) is 5.75 Å². The van der Waals surface area contributed by atoms with Crippen LogP contribution in [0.15, 0.2) is 71.4 Å². The van der Waals surface area contributed by atoms with E-state index in [2.05, 4.69) is 27.8 Å². The fraction of sp³-hybridized carbons (Fsp3) is 0.100. The second-order valence-corrected chi connectivity index (χ2v) is 6.51. The number of benzene rings is 2. The molecule has 2 aromatic carbocycles. The van der Waals surface area contributed by atoms with E-state index < -0.39 is 6.03 Å². The Balaban J connectivity index is 1.72. The summed E-state index contributed by atoms with van der Waals surface area (Å²) in [5.74, 6) is 0.335. The van der Waals surface area contributed by atoms with Crippen LogP contribution in [-0.4, -0.2) is 23.4 Å². The maximum atomic E-state index is 12.2. The van der Waals surface area contributed by atoms with E-state index in [1.807, 2.05) is 48.5 Å². The van der Waals surface area contributed by atoms with Crippen LogP contribution in [0.1, 0.15) is 11.1 Å². The normalized spacial score (nSPS) is 15.3. The monoisotopic (exact) mass is 412 g/mol. The molecule has 1 aliphatic rings. The van der Waals surface area contributed by atoms with Gasteiger partial charge in [-0.2, -0.15) is 0 Å². The van der Waals surface area contributed by atoms with E-state index in [9.17, 15) is 9.59 Å². The lowest BCUT2D eigenvalue weighted by atomic mass is 10.2. The fourth-order valence-electron chi connectivity index (χ4n) is 2.49. The minimum atomic E-state index is -0.442. The van der Waals surface area contributed by atoms with E-state index in [0.717, 1.165) is 20.5 Å². The maximum Gasteiger partial charge on any atom is 0.329 e. The van der Waals surface area contributed by atoms with Gasteiger partial charge in [0.05, 0.1) is 4.47 Å². The van der Waals surface area contributed by atoms with Gasteiger partial charge in [0.2, 0.25) is 0 Å². The molecule has 1 fully saturated rings. The van der Waals surface area contributed by atoms with Gasteiger partial charge in [-0.15, -0.1) is 6.58 Å². The van der Waals surface area contributed by atoms with Crippen LogP contribution in [-0.2, 0) is 11.4 Å². The molecular formula is C20H17BrN2O3. The number of hydrogen-bond acceptors (Lipinski definition) is 3. The molecule has 6 heteroatoms. The number of amides is 3. The van der Waals surface area contributed by atoms with Crippen LogP contribution in [0, 0.1) is 0 Å². The third kappa shape index (κ3) is 4.03. The van der Waals surface area contributed by atoms with Crippen molar-refractivity contribution < 1.29 is 14.3 Å². The van der Waals surface area contributed by atoms with Crippen LogP contribution in [0.25, 0.3) is 6.08 Å². The summed E-state index contributed by atoms with van der Waals surface area (Å²) >= 11 is 3.48. The van der Waals surface area contributed by atoms with Crippen LogP contribution in [0.5, 0.6) is 5.75 Å². The molecule has 0 unspecified atom stereocenters. The summed E-state index contributed by atoms with van der Waals surface area (Å²) in [6.45, 7) is 4.19. The van der Waals surface area contributed by atoms with Gasteiger partial charge in [0.25, 0.3) is 5.91 Å². The van der Waals surface area contributed by atoms with Gasteiger partial charge in [-0.1, -0.05) is 42.5 Å². The molecule has 0 bridgehead atoms. The average molecular weight is 413 g/mol. The summed E-state index contributed by atoms with van der Waals surface area (Å²) in [5.41, 5.74) is 2.09. The number of halogens is 1. The Labute approximate surface area is 160 Å². The Kier molecular flexibility index (Phi) is 5.53. The van der Waals surface area contributed by atoms with Crippen molar-refractivity contribution in [2.45, 2.75) is 6.61 Å². The van der Waals surface area contributed by atoms with Crippen molar-refractivity contribution in [3.63, 3.8) is 0 Å². The zero-order valence-electron chi connectivity index (χ0n) is 13.9. The summed E-state index contributed by atoms with van der Waals surface area (Å²) in [4.78, 5) is 25.1. The van der Waals surface area contributed by atoms with E-state index >= 15 is 0 Å². The molecule has 1 saturated heterocycles. The molecule has 2 aromatic rings. The summed E-state index contributed by atoms with van der Waals surface area (Å²) in [7, 11) is 0. The summed E-state index contributed by atoms with van der Waals surface area (Å²) in [6, 6.07) is 14.9. The number of nitrogens with zero attached hydrogens (tertiary/aromatic N) is 1. The van der Waals surface area contributed by atoms with Gasteiger partial charge in [-0.3, -0.25) is 9.69 Å². The molecule has 3 amide bonds. The Morgan fingerprint density at radius 1 is 1.15 bits per heavy atom. The fourth-order valence-corrected chi connectivity index (χ4v) is 3.00. The lowest BCUT2D eigenvalue weighted by Crippen LogP contribution is -2.30. The van der Waals surface area contributed by atoms with Crippen LogP contribution in [0.3, 0.4) is 0 Å². The third-order valence-corrected chi connectivity index (χ3v) is 4.40. The first-order valence-corrected chi connectivity index (χ1v) is 8.79. The van der Waals surface area contributed by atoms with Crippen molar-refractivity contribution in [3.05, 3.63) is 82.5 Å². The molecular weight excluding hydrogens is 396 g/mol. The quantitative estimate of drug-likeness (QED) is 0.441. The molecule has 26 heavy (non-hydrogen) atoms. The minimum Gasteiger partial charge on any atom is -0.488 e. The number of hydrogen-bond donors (Lipinski definition) is 1. The Morgan fingerprint density at radius 2 is 1.92 bits per heavy atom. The van der Waals surface area contributed by atoms with E-state index in [-0.39, 0.29) is 18.1 Å². The van der Waals surface area contributed by atoms with Crippen LogP contribution in [0.4, 0.5) is 4.79 Å². The Hall–Kier alpha value is -2.86. The summed E-state index contributed by atoms with van der Waals surface area (Å²) in [5, 5.41) is 2.57. The first kappa shape index (κ1) is 17.9. The van der Waals surface area contributed by atoms with Gasteiger partial charge in [-0.05, 0) is 45.3 Å². The highest BCUT2D eigenvalue weighted by atomic mass is 79.9. The molecule has 132 valence electrons. The second kappa shape index (κ2) is 8.01. The van der Waals surface area contributed by atoms with Gasteiger partial charge in [-0.25, -0.2) is 4.79 Å².